The molecule has 5 nitrogen and oxygen atoms in total. The smallest absolute Gasteiger partial charge is 0.231 e. The SMILES string of the molecule is COc1ccc2nnc(S)n2n1. The molecule has 0 aliphatic carbocycles. The molecule has 0 atom stereocenters. The third kappa shape index (κ3) is 1.00. The van der Waals surface area contributed by atoms with E-state index in [4.69, 9.17) is 4.74 Å². The Morgan fingerprint density at radius 2 is 2.25 bits per heavy atom. The minimum absolute atomic E-state index is 0.448. The van der Waals surface area contributed by atoms with Gasteiger partial charge in [0.2, 0.25) is 11.0 Å². The Balaban J connectivity index is 2.71. The molecule has 0 saturated carbocycles. The number of thiol groups is 1. The van der Waals surface area contributed by atoms with Crippen LogP contribution in [0.3, 0.4) is 0 Å². The molecule has 0 N–H and O–H groups in total. The lowest BCUT2D eigenvalue weighted by atomic mass is 10.5. The fraction of sp³-hybridized carbons (Fsp3) is 0.167. The van der Waals surface area contributed by atoms with Crippen molar-refractivity contribution >= 4 is 18.3 Å². The van der Waals surface area contributed by atoms with E-state index in [-0.39, 0.29) is 0 Å². The first kappa shape index (κ1) is 7.35. The first-order chi connectivity index (χ1) is 5.81. The second kappa shape index (κ2) is 2.63. The first-order valence-electron chi connectivity index (χ1n) is 3.26. The van der Waals surface area contributed by atoms with Crippen LogP contribution in [0.25, 0.3) is 5.65 Å². The van der Waals surface area contributed by atoms with E-state index >= 15 is 0 Å². The van der Waals surface area contributed by atoms with Gasteiger partial charge in [0.25, 0.3) is 0 Å². The molecule has 0 unspecified atom stereocenters. The first-order valence-corrected chi connectivity index (χ1v) is 3.71. The highest BCUT2D eigenvalue weighted by atomic mass is 32.1. The number of nitrogens with zero attached hydrogens (tertiary/aromatic N) is 4. The topological polar surface area (TPSA) is 52.3 Å². The molecule has 0 bridgehead atoms. The maximum Gasteiger partial charge on any atom is 0.231 e. The van der Waals surface area contributed by atoms with Gasteiger partial charge in [-0.2, -0.15) is 4.52 Å². The van der Waals surface area contributed by atoms with Gasteiger partial charge in [0.05, 0.1) is 7.11 Å². The van der Waals surface area contributed by atoms with E-state index in [0.29, 0.717) is 16.7 Å². The number of fused-ring (bicyclic) bond motifs is 1. The van der Waals surface area contributed by atoms with E-state index < -0.39 is 0 Å². The zero-order valence-corrected chi connectivity index (χ0v) is 7.19. The minimum Gasteiger partial charge on any atom is -0.480 e. The van der Waals surface area contributed by atoms with E-state index in [1.165, 1.54) is 4.52 Å². The Bertz CT molecular complexity index is 413. The van der Waals surface area contributed by atoms with Crippen molar-refractivity contribution in [3.63, 3.8) is 0 Å². The van der Waals surface area contributed by atoms with Crippen LogP contribution in [0.1, 0.15) is 0 Å². The molecule has 2 aromatic heterocycles. The van der Waals surface area contributed by atoms with Crippen LogP contribution < -0.4 is 4.74 Å². The summed E-state index contributed by atoms with van der Waals surface area (Å²) in [5, 5.41) is 12.0. The number of ether oxygens (including phenoxy) is 1. The third-order valence-electron chi connectivity index (χ3n) is 1.43. The Kier molecular flexibility index (Phi) is 1.61. The third-order valence-corrected chi connectivity index (χ3v) is 1.71. The molecule has 2 heterocycles. The predicted molar refractivity (Wildman–Crippen MR) is 44.6 cm³/mol. The van der Waals surface area contributed by atoms with E-state index in [1.54, 1.807) is 19.2 Å². The van der Waals surface area contributed by atoms with Crippen LogP contribution in [0.2, 0.25) is 0 Å². The van der Waals surface area contributed by atoms with Crippen LogP contribution in [0, 0.1) is 0 Å². The van der Waals surface area contributed by atoms with Crippen molar-refractivity contribution < 1.29 is 4.74 Å². The van der Waals surface area contributed by atoms with Crippen LogP contribution in [0.15, 0.2) is 17.3 Å². The monoisotopic (exact) mass is 182 g/mol. The Morgan fingerprint density at radius 3 is 3.00 bits per heavy atom. The molecule has 0 saturated heterocycles. The lowest BCUT2D eigenvalue weighted by molar-refractivity contribution is 0.388. The van der Waals surface area contributed by atoms with E-state index in [0.717, 1.165) is 0 Å². The van der Waals surface area contributed by atoms with Gasteiger partial charge < -0.3 is 4.74 Å². The summed E-state index contributed by atoms with van der Waals surface area (Å²) in [6.07, 6.45) is 0. The summed E-state index contributed by atoms with van der Waals surface area (Å²) in [5.74, 6) is 0.512. The predicted octanol–water partition coefficient (Wildman–Crippen LogP) is 0.422. The number of hydrogen-bond donors (Lipinski definition) is 1. The van der Waals surface area contributed by atoms with E-state index in [2.05, 4.69) is 27.9 Å². The number of aromatic nitrogens is 4. The van der Waals surface area contributed by atoms with Gasteiger partial charge in [0.1, 0.15) is 0 Å². The Hall–Kier alpha value is -1.30. The summed E-state index contributed by atoms with van der Waals surface area (Å²) in [5.41, 5.74) is 0.654. The van der Waals surface area contributed by atoms with Gasteiger partial charge in [-0.25, -0.2) is 0 Å². The van der Waals surface area contributed by atoms with Crippen LogP contribution in [0.4, 0.5) is 0 Å². The Morgan fingerprint density at radius 1 is 1.42 bits per heavy atom. The molecule has 62 valence electrons. The zero-order valence-electron chi connectivity index (χ0n) is 6.30. The molecule has 0 radical (unpaired) electrons. The second-order valence-electron chi connectivity index (χ2n) is 2.15. The summed E-state index contributed by atoms with van der Waals surface area (Å²) < 4.78 is 6.43. The maximum absolute atomic E-state index is 4.93. The van der Waals surface area contributed by atoms with Gasteiger partial charge in [-0.05, 0) is 6.07 Å². The van der Waals surface area contributed by atoms with Gasteiger partial charge in [-0.15, -0.1) is 27.9 Å². The van der Waals surface area contributed by atoms with Crippen LogP contribution in [0.5, 0.6) is 5.88 Å². The summed E-state index contributed by atoms with van der Waals surface area (Å²) in [6.45, 7) is 0. The van der Waals surface area contributed by atoms with Crippen LogP contribution >= 0.6 is 12.6 Å². The summed E-state index contributed by atoms with van der Waals surface area (Å²) in [7, 11) is 1.55. The highest BCUT2D eigenvalue weighted by molar-refractivity contribution is 7.80. The van der Waals surface area contributed by atoms with Crippen molar-refractivity contribution in [2.45, 2.75) is 5.16 Å². The van der Waals surface area contributed by atoms with Gasteiger partial charge in [0.15, 0.2) is 5.65 Å². The average molecular weight is 182 g/mol. The normalized spacial score (nSPS) is 10.5. The van der Waals surface area contributed by atoms with E-state index in [9.17, 15) is 0 Å². The standard InChI is InChI=1S/C6H6N4OS/c1-11-5-3-2-4-7-8-6(12)10(4)9-5/h2-3H,1H3,(H,8,12). The fourth-order valence-electron chi connectivity index (χ4n) is 0.870. The number of hydrogen-bond acceptors (Lipinski definition) is 5. The van der Waals surface area contributed by atoms with Gasteiger partial charge >= 0.3 is 0 Å². The van der Waals surface area contributed by atoms with Crippen LogP contribution in [-0.2, 0) is 0 Å². The summed E-state index contributed by atoms with van der Waals surface area (Å²) >= 11 is 4.06. The summed E-state index contributed by atoms with van der Waals surface area (Å²) in [4.78, 5) is 0. The quantitative estimate of drug-likeness (QED) is 0.649. The Labute approximate surface area is 73.8 Å². The zero-order chi connectivity index (χ0) is 8.55. The molecule has 0 fully saturated rings. The molecule has 0 amide bonds. The molecule has 0 aromatic carbocycles. The van der Waals surface area contributed by atoms with Crippen molar-refractivity contribution in [1.82, 2.24) is 19.8 Å². The molecular formula is C6H6N4OS. The minimum atomic E-state index is 0.448. The largest absolute Gasteiger partial charge is 0.480 e. The number of methoxy groups -OCH3 is 1. The average Bonchev–Trinajstić information content (AvgIpc) is 2.47. The maximum atomic E-state index is 4.93. The van der Waals surface area contributed by atoms with Crippen molar-refractivity contribution in [2.75, 3.05) is 7.11 Å². The molecule has 12 heavy (non-hydrogen) atoms. The van der Waals surface area contributed by atoms with Crippen LogP contribution in [-0.4, -0.2) is 26.9 Å². The summed E-state index contributed by atoms with van der Waals surface area (Å²) in [6, 6.07) is 3.48. The van der Waals surface area contributed by atoms with Crippen molar-refractivity contribution in [2.24, 2.45) is 0 Å². The van der Waals surface area contributed by atoms with Gasteiger partial charge in [-0.1, -0.05) is 0 Å². The molecular weight excluding hydrogens is 176 g/mol. The highest BCUT2D eigenvalue weighted by Gasteiger charge is 2.02. The fourth-order valence-corrected chi connectivity index (χ4v) is 1.06. The lowest BCUT2D eigenvalue weighted by Gasteiger charge is -1.97. The number of rotatable bonds is 1. The molecule has 2 aromatic rings. The molecule has 0 spiro atoms. The van der Waals surface area contributed by atoms with Gasteiger partial charge in [-0.3, -0.25) is 0 Å². The van der Waals surface area contributed by atoms with Crippen molar-refractivity contribution in [1.29, 1.82) is 0 Å². The lowest BCUT2D eigenvalue weighted by Crippen LogP contribution is -1.95. The molecule has 0 aliphatic rings. The second-order valence-corrected chi connectivity index (χ2v) is 2.55. The molecule has 6 heteroatoms. The molecule has 0 aliphatic heterocycles. The molecule has 2 rings (SSSR count). The van der Waals surface area contributed by atoms with Crippen molar-refractivity contribution in [3.8, 4) is 5.88 Å². The van der Waals surface area contributed by atoms with Crippen molar-refractivity contribution in [3.05, 3.63) is 12.1 Å². The highest BCUT2D eigenvalue weighted by Crippen LogP contribution is 2.09. The van der Waals surface area contributed by atoms with Gasteiger partial charge in [0, 0.05) is 6.07 Å². The van der Waals surface area contributed by atoms with E-state index in [1.807, 2.05) is 0 Å².